The molecule has 1 aliphatic heterocycles. The van der Waals surface area contributed by atoms with E-state index in [0.29, 0.717) is 32.1 Å². The van der Waals surface area contributed by atoms with Gasteiger partial charge in [0.1, 0.15) is 6.10 Å². The van der Waals surface area contributed by atoms with Crippen molar-refractivity contribution in [3.63, 3.8) is 0 Å². The summed E-state index contributed by atoms with van der Waals surface area (Å²) in [7, 11) is 0. The number of hydrogen-bond acceptors (Lipinski definition) is 7. The van der Waals surface area contributed by atoms with Crippen molar-refractivity contribution in [1.29, 1.82) is 0 Å². The van der Waals surface area contributed by atoms with E-state index in [1.165, 1.54) is 0 Å². The zero-order valence-electron chi connectivity index (χ0n) is 15.0. The smallest absolute Gasteiger partial charge is 0.305 e. The highest BCUT2D eigenvalue weighted by atomic mass is 16.7. The molecular weight excluding hydrogens is 332 g/mol. The SMILES string of the molecule is CC(CC(O)CCCCC(O)CC(=O)O)OC1OC(C)C(O)CC1O. The van der Waals surface area contributed by atoms with Gasteiger partial charge in [0.15, 0.2) is 6.29 Å². The summed E-state index contributed by atoms with van der Waals surface area (Å²) < 4.78 is 11.1. The van der Waals surface area contributed by atoms with Crippen LogP contribution >= 0.6 is 0 Å². The van der Waals surface area contributed by atoms with Gasteiger partial charge in [0.2, 0.25) is 0 Å². The van der Waals surface area contributed by atoms with E-state index in [4.69, 9.17) is 14.6 Å². The minimum absolute atomic E-state index is 0.194. The normalized spacial score (nSPS) is 30.6. The highest BCUT2D eigenvalue weighted by molar-refractivity contribution is 5.67. The van der Waals surface area contributed by atoms with Crippen molar-refractivity contribution in [3.05, 3.63) is 0 Å². The van der Waals surface area contributed by atoms with Gasteiger partial charge in [-0.15, -0.1) is 0 Å². The van der Waals surface area contributed by atoms with Gasteiger partial charge in [0.05, 0.1) is 36.9 Å². The molecule has 25 heavy (non-hydrogen) atoms. The minimum Gasteiger partial charge on any atom is -0.481 e. The Bertz CT molecular complexity index is 391. The standard InChI is InChI=1S/C17H32O8/c1-10(24-17-15(21)9-14(20)11(2)25-17)7-12(18)5-3-4-6-13(19)8-16(22)23/h10-15,17-21H,3-9H2,1-2H3,(H,22,23). The van der Waals surface area contributed by atoms with Crippen LogP contribution in [-0.4, -0.2) is 74.4 Å². The lowest BCUT2D eigenvalue weighted by Gasteiger charge is -2.36. The maximum absolute atomic E-state index is 10.4. The van der Waals surface area contributed by atoms with E-state index >= 15 is 0 Å². The molecule has 148 valence electrons. The highest BCUT2D eigenvalue weighted by Crippen LogP contribution is 2.23. The molecule has 5 N–H and O–H groups in total. The Labute approximate surface area is 148 Å². The zero-order chi connectivity index (χ0) is 19.0. The van der Waals surface area contributed by atoms with Crippen molar-refractivity contribution in [2.24, 2.45) is 0 Å². The fourth-order valence-electron chi connectivity index (χ4n) is 2.91. The summed E-state index contributed by atoms with van der Waals surface area (Å²) in [5, 5.41) is 47.6. The van der Waals surface area contributed by atoms with Gasteiger partial charge < -0.3 is 35.0 Å². The Kier molecular flexibility index (Phi) is 9.84. The van der Waals surface area contributed by atoms with Crippen LogP contribution in [0, 0.1) is 0 Å². The largest absolute Gasteiger partial charge is 0.481 e. The number of aliphatic carboxylic acids is 1. The second-order valence-corrected chi connectivity index (χ2v) is 6.95. The molecule has 0 saturated carbocycles. The summed E-state index contributed by atoms with van der Waals surface area (Å²) in [4.78, 5) is 10.4. The molecule has 1 saturated heterocycles. The molecule has 7 unspecified atom stereocenters. The molecule has 8 nitrogen and oxygen atoms in total. The Morgan fingerprint density at radius 2 is 1.76 bits per heavy atom. The van der Waals surface area contributed by atoms with Crippen LogP contribution in [0.15, 0.2) is 0 Å². The average molecular weight is 364 g/mol. The van der Waals surface area contributed by atoms with Gasteiger partial charge in [-0.25, -0.2) is 0 Å². The Morgan fingerprint density at radius 3 is 2.36 bits per heavy atom. The van der Waals surface area contributed by atoms with E-state index in [1.807, 2.05) is 0 Å². The molecule has 0 spiro atoms. The van der Waals surface area contributed by atoms with E-state index in [9.17, 15) is 25.2 Å². The molecule has 8 heteroatoms. The van der Waals surface area contributed by atoms with Gasteiger partial charge in [-0.2, -0.15) is 0 Å². The van der Waals surface area contributed by atoms with E-state index in [-0.39, 0.29) is 18.9 Å². The van der Waals surface area contributed by atoms with Crippen molar-refractivity contribution in [3.8, 4) is 0 Å². The van der Waals surface area contributed by atoms with Crippen LogP contribution in [0.5, 0.6) is 0 Å². The van der Waals surface area contributed by atoms with Gasteiger partial charge in [-0.3, -0.25) is 4.79 Å². The second-order valence-electron chi connectivity index (χ2n) is 6.95. The number of unbranched alkanes of at least 4 members (excludes halogenated alkanes) is 1. The monoisotopic (exact) mass is 364 g/mol. The van der Waals surface area contributed by atoms with Crippen molar-refractivity contribution in [2.75, 3.05) is 0 Å². The predicted molar refractivity (Wildman–Crippen MR) is 88.9 cm³/mol. The number of aliphatic hydroxyl groups excluding tert-OH is 4. The number of carboxylic acids is 1. The number of rotatable bonds is 11. The Hall–Kier alpha value is -0.770. The molecule has 1 aliphatic rings. The zero-order valence-corrected chi connectivity index (χ0v) is 15.0. The summed E-state index contributed by atoms with van der Waals surface area (Å²) in [5.74, 6) is -1.02. The summed E-state index contributed by atoms with van der Waals surface area (Å²) in [6.07, 6.45) is -2.06. The fraction of sp³-hybridized carbons (Fsp3) is 0.941. The van der Waals surface area contributed by atoms with Gasteiger partial charge >= 0.3 is 5.97 Å². The maximum atomic E-state index is 10.4. The van der Waals surface area contributed by atoms with Crippen LogP contribution in [0.1, 0.15) is 58.8 Å². The highest BCUT2D eigenvalue weighted by Gasteiger charge is 2.35. The van der Waals surface area contributed by atoms with Crippen LogP contribution in [-0.2, 0) is 14.3 Å². The number of carbonyl (C=O) groups is 1. The van der Waals surface area contributed by atoms with E-state index in [1.54, 1.807) is 13.8 Å². The van der Waals surface area contributed by atoms with Crippen LogP contribution in [0.25, 0.3) is 0 Å². The molecule has 1 rings (SSSR count). The van der Waals surface area contributed by atoms with Gasteiger partial charge in [0.25, 0.3) is 0 Å². The lowest BCUT2D eigenvalue weighted by Crippen LogP contribution is -2.48. The van der Waals surface area contributed by atoms with Gasteiger partial charge in [-0.1, -0.05) is 12.8 Å². The number of hydrogen-bond donors (Lipinski definition) is 5. The third kappa shape index (κ3) is 8.94. The quantitative estimate of drug-likeness (QED) is 0.332. The second kappa shape index (κ2) is 11.1. The third-order valence-electron chi connectivity index (χ3n) is 4.39. The van der Waals surface area contributed by atoms with Crippen LogP contribution < -0.4 is 0 Å². The van der Waals surface area contributed by atoms with Crippen LogP contribution in [0.4, 0.5) is 0 Å². The summed E-state index contributed by atoms with van der Waals surface area (Å²) in [5.41, 5.74) is 0. The van der Waals surface area contributed by atoms with E-state index in [0.717, 1.165) is 0 Å². The average Bonchev–Trinajstić information content (AvgIpc) is 2.48. The fourth-order valence-corrected chi connectivity index (χ4v) is 2.91. The number of carboxylic acid groups (broad SMARTS) is 1. The first-order valence-electron chi connectivity index (χ1n) is 8.94. The van der Waals surface area contributed by atoms with Gasteiger partial charge in [-0.05, 0) is 33.1 Å². The first-order valence-corrected chi connectivity index (χ1v) is 8.94. The van der Waals surface area contributed by atoms with Crippen molar-refractivity contribution < 1.29 is 39.8 Å². The van der Waals surface area contributed by atoms with E-state index in [2.05, 4.69) is 0 Å². The van der Waals surface area contributed by atoms with Crippen molar-refractivity contribution in [2.45, 2.75) is 102 Å². The molecular formula is C17H32O8. The van der Waals surface area contributed by atoms with Crippen LogP contribution in [0.2, 0.25) is 0 Å². The molecule has 0 aromatic rings. The Morgan fingerprint density at radius 1 is 1.16 bits per heavy atom. The lowest BCUT2D eigenvalue weighted by molar-refractivity contribution is -0.275. The topological polar surface area (TPSA) is 137 Å². The molecule has 1 fully saturated rings. The minimum atomic E-state index is -1.02. The molecule has 0 amide bonds. The molecule has 7 atom stereocenters. The molecule has 0 radical (unpaired) electrons. The number of ether oxygens (including phenoxy) is 2. The van der Waals surface area contributed by atoms with Gasteiger partial charge in [0, 0.05) is 6.42 Å². The van der Waals surface area contributed by atoms with E-state index < -0.39 is 42.8 Å². The molecule has 0 aromatic carbocycles. The van der Waals surface area contributed by atoms with Crippen molar-refractivity contribution >= 4 is 5.97 Å². The maximum Gasteiger partial charge on any atom is 0.305 e. The molecule has 0 bridgehead atoms. The van der Waals surface area contributed by atoms with Crippen LogP contribution in [0.3, 0.4) is 0 Å². The first kappa shape index (κ1) is 22.3. The summed E-state index contributed by atoms with van der Waals surface area (Å²) in [6, 6.07) is 0. The predicted octanol–water partition coefficient (Wildman–Crippen LogP) is 0.395. The first-order chi connectivity index (χ1) is 11.7. The summed E-state index contributed by atoms with van der Waals surface area (Å²) in [6.45, 7) is 3.50. The molecule has 0 aromatic heterocycles. The molecule has 1 heterocycles. The molecule has 0 aliphatic carbocycles. The van der Waals surface area contributed by atoms with Crippen molar-refractivity contribution in [1.82, 2.24) is 0 Å². The lowest BCUT2D eigenvalue weighted by atomic mass is 10.0. The number of aliphatic hydroxyl groups is 4. The third-order valence-corrected chi connectivity index (χ3v) is 4.39. The Balaban J connectivity index is 2.19. The summed E-state index contributed by atoms with van der Waals surface area (Å²) >= 11 is 0.